The number of halogens is 1. The van der Waals surface area contributed by atoms with Crippen molar-refractivity contribution in [3.8, 4) is 5.88 Å². The molecule has 31 heavy (non-hydrogen) atoms. The monoisotopic (exact) mass is 449 g/mol. The zero-order chi connectivity index (χ0) is 21.8. The Bertz CT molecular complexity index is 1190. The average molecular weight is 450 g/mol. The van der Waals surface area contributed by atoms with Crippen LogP contribution in [0.2, 0.25) is 0 Å². The van der Waals surface area contributed by atoms with Crippen molar-refractivity contribution in [2.75, 3.05) is 19.0 Å². The minimum atomic E-state index is -3.60. The molecule has 0 saturated heterocycles. The molecule has 0 spiro atoms. The smallest absolute Gasteiger partial charge is 0.354 e. The predicted octanol–water partition coefficient (Wildman–Crippen LogP) is 2.15. The number of fused-ring (bicyclic) bond motifs is 3. The number of amides is 2. The molecule has 0 bridgehead atoms. The van der Waals surface area contributed by atoms with Gasteiger partial charge in [0.2, 0.25) is 5.88 Å². The second-order valence-corrected chi connectivity index (χ2v) is 9.90. The molecule has 1 aliphatic heterocycles. The quantitative estimate of drug-likeness (QED) is 0.744. The molecule has 166 valence electrons. The number of ether oxygens (including phenoxy) is 2. The maximum Gasteiger partial charge on any atom is 0.354 e. The van der Waals surface area contributed by atoms with Crippen LogP contribution in [0.25, 0.3) is 0 Å². The second kappa shape index (κ2) is 7.57. The van der Waals surface area contributed by atoms with Crippen molar-refractivity contribution >= 4 is 21.6 Å². The number of aryl methyl sites for hydroxylation is 1. The summed E-state index contributed by atoms with van der Waals surface area (Å²) in [5.74, 6) is 0.221. The average Bonchev–Trinajstić information content (AvgIpc) is 3.44. The molecule has 2 unspecified atom stereocenters. The summed E-state index contributed by atoms with van der Waals surface area (Å²) < 4.78 is 43.3. The molecule has 0 radical (unpaired) electrons. The number of rotatable bonds is 3. The highest BCUT2D eigenvalue weighted by Gasteiger charge is 2.31. The van der Waals surface area contributed by atoms with Gasteiger partial charge in [0, 0.05) is 25.6 Å². The van der Waals surface area contributed by atoms with E-state index in [1.165, 1.54) is 10.9 Å². The molecule has 0 fully saturated rings. The third-order valence-corrected chi connectivity index (χ3v) is 7.46. The van der Waals surface area contributed by atoms with Gasteiger partial charge in [-0.3, -0.25) is 0 Å². The number of aromatic nitrogens is 2. The van der Waals surface area contributed by atoms with Crippen molar-refractivity contribution < 1.29 is 22.9 Å². The maximum absolute atomic E-state index is 14.1. The number of nitrogens with two attached hydrogens (primary N) is 1. The van der Waals surface area contributed by atoms with Crippen LogP contribution in [0.1, 0.15) is 28.7 Å². The second-order valence-electron chi connectivity index (χ2n) is 8.14. The van der Waals surface area contributed by atoms with Gasteiger partial charge in [-0.25, -0.2) is 23.2 Å². The molecule has 1 aromatic heterocycles. The number of alkyl halides is 1. The van der Waals surface area contributed by atoms with Gasteiger partial charge in [-0.1, -0.05) is 6.07 Å². The lowest BCUT2D eigenvalue weighted by molar-refractivity contribution is 0.0165. The highest BCUT2D eigenvalue weighted by molar-refractivity contribution is 7.91. The van der Waals surface area contributed by atoms with Crippen LogP contribution in [0, 0.1) is 0 Å². The Kier molecular flexibility index (Phi) is 4.98. The number of anilines is 1. The van der Waals surface area contributed by atoms with Gasteiger partial charge in [-0.05, 0) is 41.5 Å². The van der Waals surface area contributed by atoms with Gasteiger partial charge < -0.3 is 14.8 Å². The molecule has 1 aromatic carbocycles. The van der Waals surface area contributed by atoms with E-state index in [0.29, 0.717) is 18.7 Å². The van der Waals surface area contributed by atoms with Crippen molar-refractivity contribution in [3.63, 3.8) is 0 Å². The number of urea groups is 1. The minimum Gasteiger partial charge on any atom is -0.474 e. The van der Waals surface area contributed by atoms with Crippen LogP contribution < -0.4 is 15.2 Å². The highest BCUT2D eigenvalue weighted by atomic mass is 32.2. The predicted molar refractivity (Wildman–Crippen MR) is 111 cm³/mol. The first-order chi connectivity index (χ1) is 14.9. The van der Waals surface area contributed by atoms with E-state index in [9.17, 15) is 13.4 Å². The number of hydrogen-bond acceptors (Lipinski definition) is 5. The summed E-state index contributed by atoms with van der Waals surface area (Å²) in [5, 5.41) is 12.8. The van der Waals surface area contributed by atoms with E-state index in [4.69, 9.17) is 14.6 Å². The molecule has 2 amide bonds. The van der Waals surface area contributed by atoms with Crippen LogP contribution in [0.4, 0.5) is 14.9 Å². The van der Waals surface area contributed by atoms with Gasteiger partial charge in [0.15, 0.2) is 9.92 Å². The first-order valence-corrected chi connectivity index (χ1v) is 11.8. The zero-order valence-corrected chi connectivity index (χ0v) is 17.9. The Labute approximate surface area is 179 Å². The van der Waals surface area contributed by atoms with E-state index in [2.05, 4.69) is 20.8 Å². The topological polar surface area (TPSA) is 121 Å². The van der Waals surface area contributed by atoms with E-state index in [1.807, 2.05) is 0 Å². The standard InChI is InChI=1S/C20H24FN5O4S/c1-29-14-9-26-19(30-10-14)17(8-23-26)31(22,28)25-20(27)24-18-15-4-2-3-11(15)5-12-6-13(21)7-16(12)18/h5,8,13-14H,2-4,6-7,9-10H2,1H3,(H3,22,24,25,27,28)/t13-,14?,31?/m0/s1. The van der Waals surface area contributed by atoms with Gasteiger partial charge in [-0.15, -0.1) is 4.36 Å². The number of methoxy groups -OCH3 is 1. The van der Waals surface area contributed by atoms with Crippen LogP contribution in [0.3, 0.4) is 0 Å². The van der Waals surface area contributed by atoms with Crippen molar-refractivity contribution in [3.05, 3.63) is 34.5 Å². The Morgan fingerprint density at radius 2 is 2.23 bits per heavy atom. The van der Waals surface area contributed by atoms with Crippen molar-refractivity contribution in [1.29, 1.82) is 0 Å². The molecule has 2 aromatic rings. The number of hydrogen-bond donors (Lipinski definition) is 2. The van der Waals surface area contributed by atoms with Gasteiger partial charge in [0.25, 0.3) is 0 Å². The fraction of sp³-hybridized carbons (Fsp3) is 0.500. The molecule has 2 heterocycles. The largest absolute Gasteiger partial charge is 0.474 e. The molecule has 3 atom stereocenters. The Morgan fingerprint density at radius 3 is 3.03 bits per heavy atom. The van der Waals surface area contributed by atoms with E-state index in [1.54, 1.807) is 7.11 Å². The van der Waals surface area contributed by atoms with E-state index < -0.39 is 22.1 Å². The van der Waals surface area contributed by atoms with Gasteiger partial charge in [0.1, 0.15) is 23.8 Å². The lowest BCUT2D eigenvalue weighted by atomic mass is 9.99. The van der Waals surface area contributed by atoms with Crippen LogP contribution in [0.15, 0.2) is 21.5 Å². The summed E-state index contributed by atoms with van der Waals surface area (Å²) in [6.07, 6.45) is 3.44. The van der Waals surface area contributed by atoms with Crippen molar-refractivity contribution in [2.24, 2.45) is 9.50 Å². The summed E-state index contributed by atoms with van der Waals surface area (Å²) in [5.41, 5.74) is 4.46. The summed E-state index contributed by atoms with van der Waals surface area (Å²) in [6, 6.07) is 1.22. The van der Waals surface area contributed by atoms with Gasteiger partial charge in [-0.2, -0.15) is 5.10 Å². The third kappa shape index (κ3) is 3.60. The third-order valence-electron chi connectivity index (χ3n) is 6.11. The summed E-state index contributed by atoms with van der Waals surface area (Å²) >= 11 is 0. The van der Waals surface area contributed by atoms with Crippen LogP contribution in [-0.2, 0) is 46.9 Å². The Hall–Kier alpha value is -2.50. The number of benzene rings is 1. The molecule has 3 aliphatic rings. The SMILES string of the molecule is COC1COc2c(S(N)(=O)=NC(=O)Nc3c4c(cc5c3C[C@@H](F)C5)CCC4)cnn2C1. The number of nitrogens with zero attached hydrogens (tertiary/aromatic N) is 3. The maximum atomic E-state index is 14.1. The molecular weight excluding hydrogens is 425 g/mol. The lowest BCUT2D eigenvalue weighted by Gasteiger charge is -2.23. The van der Waals surface area contributed by atoms with Gasteiger partial charge in [0.05, 0.1) is 12.7 Å². The van der Waals surface area contributed by atoms with E-state index in [0.717, 1.165) is 41.5 Å². The Morgan fingerprint density at radius 1 is 1.39 bits per heavy atom. The molecule has 9 nitrogen and oxygen atoms in total. The first kappa shape index (κ1) is 20.4. The first-order valence-electron chi connectivity index (χ1n) is 10.2. The fourth-order valence-corrected chi connectivity index (χ4v) is 5.65. The lowest BCUT2D eigenvalue weighted by Crippen LogP contribution is -2.32. The van der Waals surface area contributed by atoms with Crippen molar-refractivity contribution in [1.82, 2.24) is 9.78 Å². The highest BCUT2D eigenvalue weighted by Crippen LogP contribution is 2.39. The zero-order valence-electron chi connectivity index (χ0n) is 17.1. The summed E-state index contributed by atoms with van der Waals surface area (Å²) in [6.45, 7) is 0.670. The minimum absolute atomic E-state index is 0.0598. The van der Waals surface area contributed by atoms with E-state index in [-0.39, 0.29) is 29.9 Å². The summed E-state index contributed by atoms with van der Waals surface area (Å²) in [7, 11) is -2.03. The van der Waals surface area contributed by atoms with Crippen LogP contribution in [0.5, 0.6) is 5.88 Å². The van der Waals surface area contributed by atoms with Crippen molar-refractivity contribution in [2.45, 2.75) is 55.8 Å². The Balaban J connectivity index is 1.45. The normalized spacial score (nSPS) is 23.3. The molecule has 0 saturated carbocycles. The molecule has 2 aliphatic carbocycles. The fourth-order valence-electron chi connectivity index (χ4n) is 4.65. The molecular formula is C20H24FN5O4S. The van der Waals surface area contributed by atoms with E-state index >= 15 is 0 Å². The number of carbonyl (C=O) groups excluding carboxylic acids is 1. The molecule has 11 heteroatoms. The molecule has 3 N–H and O–H groups in total. The van der Waals surface area contributed by atoms with Crippen LogP contribution in [-0.4, -0.2) is 46.0 Å². The molecule has 5 rings (SSSR count). The number of nitrogens with one attached hydrogen (secondary N) is 1. The van der Waals surface area contributed by atoms with Crippen LogP contribution >= 0.6 is 0 Å². The number of carbonyl (C=O) groups is 1. The van der Waals surface area contributed by atoms with Gasteiger partial charge >= 0.3 is 6.03 Å². The summed E-state index contributed by atoms with van der Waals surface area (Å²) in [4.78, 5) is 12.8.